The van der Waals surface area contributed by atoms with Crippen LogP contribution in [0.25, 0.3) is 0 Å². The Morgan fingerprint density at radius 2 is 1.89 bits per heavy atom. The van der Waals surface area contributed by atoms with Crippen LogP contribution in [0.5, 0.6) is 0 Å². The van der Waals surface area contributed by atoms with E-state index in [1.807, 2.05) is 25.5 Å². The van der Waals surface area contributed by atoms with Gasteiger partial charge in [0.15, 0.2) is 0 Å². The summed E-state index contributed by atoms with van der Waals surface area (Å²) in [5.41, 5.74) is 2.55. The van der Waals surface area contributed by atoms with Gasteiger partial charge in [0.05, 0.1) is 12.3 Å². The van der Waals surface area contributed by atoms with Gasteiger partial charge in [-0.15, -0.1) is 0 Å². The highest BCUT2D eigenvalue weighted by molar-refractivity contribution is 5.14. The van der Waals surface area contributed by atoms with Gasteiger partial charge in [0.1, 0.15) is 0 Å². The standard InChI is InChI=1S/C16H22N2O/c1-18-13-15(12-17-18)10-11-16(19)9-5-8-14-6-3-2-4-7-14/h2-4,6-7,12-13,16,19H,5,8-11H2,1H3. The third-order valence-corrected chi connectivity index (χ3v) is 3.37. The van der Waals surface area contributed by atoms with Crippen molar-refractivity contribution < 1.29 is 5.11 Å². The molecule has 0 aliphatic heterocycles. The number of nitrogens with zero attached hydrogens (tertiary/aromatic N) is 2. The molecule has 1 unspecified atom stereocenters. The van der Waals surface area contributed by atoms with Gasteiger partial charge in [-0.25, -0.2) is 0 Å². The molecule has 1 aromatic carbocycles. The Kier molecular flexibility index (Phi) is 5.16. The van der Waals surface area contributed by atoms with Crippen LogP contribution in [0.3, 0.4) is 0 Å². The van der Waals surface area contributed by atoms with Gasteiger partial charge in [0.25, 0.3) is 0 Å². The molecule has 0 bridgehead atoms. The monoisotopic (exact) mass is 258 g/mol. The molecule has 1 heterocycles. The highest BCUT2D eigenvalue weighted by Crippen LogP contribution is 2.11. The van der Waals surface area contributed by atoms with Gasteiger partial charge in [-0.3, -0.25) is 4.68 Å². The van der Waals surface area contributed by atoms with E-state index in [1.54, 1.807) is 4.68 Å². The summed E-state index contributed by atoms with van der Waals surface area (Å²) in [5.74, 6) is 0. The van der Waals surface area contributed by atoms with Crippen molar-refractivity contribution in [3.8, 4) is 0 Å². The first-order valence-corrected chi connectivity index (χ1v) is 6.93. The molecule has 0 radical (unpaired) electrons. The number of benzene rings is 1. The maximum atomic E-state index is 9.97. The summed E-state index contributed by atoms with van der Waals surface area (Å²) in [4.78, 5) is 0. The Labute approximate surface area is 114 Å². The summed E-state index contributed by atoms with van der Waals surface area (Å²) in [5, 5.41) is 14.1. The zero-order valence-corrected chi connectivity index (χ0v) is 11.5. The van der Waals surface area contributed by atoms with Crippen LogP contribution in [0.4, 0.5) is 0 Å². The molecule has 2 aromatic rings. The zero-order chi connectivity index (χ0) is 13.5. The van der Waals surface area contributed by atoms with Gasteiger partial charge in [0, 0.05) is 13.2 Å². The van der Waals surface area contributed by atoms with Crippen molar-refractivity contribution in [3.05, 3.63) is 53.9 Å². The number of rotatable bonds is 7. The predicted molar refractivity (Wildman–Crippen MR) is 76.9 cm³/mol. The number of hydrogen-bond acceptors (Lipinski definition) is 2. The largest absolute Gasteiger partial charge is 0.393 e. The lowest BCUT2D eigenvalue weighted by Gasteiger charge is -2.09. The fourth-order valence-corrected chi connectivity index (χ4v) is 2.27. The van der Waals surface area contributed by atoms with Crippen LogP contribution in [0.1, 0.15) is 30.4 Å². The molecule has 3 nitrogen and oxygen atoms in total. The molecule has 0 aliphatic rings. The Morgan fingerprint density at radius 3 is 2.58 bits per heavy atom. The van der Waals surface area contributed by atoms with E-state index < -0.39 is 0 Å². The Balaban J connectivity index is 1.63. The summed E-state index contributed by atoms with van der Waals surface area (Å²) in [6.07, 6.45) is 8.36. The molecule has 1 aromatic heterocycles. The molecular weight excluding hydrogens is 236 g/mol. The molecule has 1 atom stereocenters. The Morgan fingerprint density at radius 1 is 1.11 bits per heavy atom. The molecule has 0 fully saturated rings. The summed E-state index contributed by atoms with van der Waals surface area (Å²) in [6.45, 7) is 0. The second kappa shape index (κ2) is 7.10. The second-order valence-corrected chi connectivity index (χ2v) is 5.09. The van der Waals surface area contributed by atoms with Crippen LogP contribution in [0.2, 0.25) is 0 Å². The van der Waals surface area contributed by atoms with Crippen LogP contribution < -0.4 is 0 Å². The Bertz CT molecular complexity index is 479. The molecular formula is C16H22N2O. The normalized spacial score (nSPS) is 12.5. The fraction of sp³-hybridized carbons (Fsp3) is 0.438. The first-order valence-electron chi connectivity index (χ1n) is 6.93. The van der Waals surface area contributed by atoms with Gasteiger partial charge in [-0.2, -0.15) is 5.10 Å². The van der Waals surface area contributed by atoms with E-state index in [9.17, 15) is 5.11 Å². The van der Waals surface area contributed by atoms with Gasteiger partial charge in [0.2, 0.25) is 0 Å². The summed E-state index contributed by atoms with van der Waals surface area (Å²) < 4.78 is 1.80. The molecule has 0 aliphatic carbocycles. The van der Waals surface area contributed by atoms with E-state index in [2.05, 4.69) is 29.4 Å². The minimum Gasteiger partial charge on any atom is -0.393 e. The third kappa shape index (κ3) is 4.87. The maximum Gasteiger partial charge on any atom is 0.0543 e. The molecule has 3 heteroatoms. The highest BCUT2D eigenvalue weighted by atomic mass is 16.3. The van der Waals surface area contributed by atoms with Crippen LogP contribution in [0, 0.1) is 0 Å². The summed E-state index contributed by atoms with van der Waals surface area (Å²) >= 11 is 0. The quantitative estimate of drug-likeness (QED) is 0.829. The van der Waals surface area contributed by atoms with E-state index in [1.165, 1.54) is 11.1 Å². The average Bonchev–Trinajstić information content (AvgIpc) is 2.83. The minimum atomic E-state index is -0.205. The third-order valence-electron chi connectivity index (χ3n) is 3.37. The molecule has 0 spiro atoms. The molecule has 2 rings (SSSR count). The number of aliphatic hydroxyl groups excluding tert-OH is 1. The molecule has 19 heavy (non-hydrogen) atoms. The lowest BCUT2D eigenvalue weighted by molar-refractivity contribution is 0.152. The molecule has 0 saturated heterocycles. The SMILES string of the molecule is Cn1cc(CCC(O)CCCc2ccccc2)cn1. The fourth-order valence-electron chi connectivity index (χ4n) is 2.27. The number of aryl methyl sites for hydroxylation is 3. The van der Waals surface area contributed by atoms with Crippen molar-refractivity contribution in [1.82, 2.24) is 9.78 Å². The van der Waals surface area contributed by atoms with Crippen molar-refractivity contribution in [1.29, 1.82) is 0 Å². The molecule has 0 amide bonds. The van der Waals surface area contributed by atoms with E-state index in [0.717, 1.165) is 32.1 Å². The van der Waals surface area contributed by atoms with Crippen LogP contribution in [-0.2, 0) is 19.9 Å². The van der Waals surface area contributed by atoms with Gasteiger partial charge < -0.3 is 5.11 Å². The van der Waals surface area contributed by atoms with Crippen LogP contribution in [0.15, 0.2) is 42.7 Å². The first-order chi connectivity index (χ1) is 9.24. The van der Waals surface area contributed by atoms with Crippen molar-refractivity contribution in [2.24, 2.45) is 7.05 Å². The number of aromatic nitrogens is 2. The predicted octanol–water partition coefficient (Wildman–Crippen LogP) is 2.74. The topological polar surface area (TPSA) is 38.0 Å². The van der Waals surface area contributed by atoms with Gasteiger partial charge >= 0.3 is 0 Å². The lowest BCUT2D eigenvalue weighted by Crippen LogP contribution is -2.08. The van der Waals surface area contributed by atoms with Gasteiger partial charge in [-0.1, -0.05) is 30.3 Å². The number of aliphatic hydroxyl groups is 1. The average molecular weight is 258 g/mol. The van der Waals surface area contributed by atoms with Crippen LogP contribution >= 0.6 is 0 Å². The van der Waals surface area contributed by atoms with E-state index >= 15 is 0 Å². The van der Waals surface area contributed by atoms with Crippen LogP contribution in [-0.4, -0.2) is 21.0 Å². The molecule has 1 N–H and O–H groups in total. The summed E-state index contributed by atoms with van der Waals surface area (Å²) in [6, 6.07) is 10.4. The van der Waals surface area contributed by atoms with Crippen molar-refractivity contribution in [2.45, 2.75) is 38.2 Å². The van der Waals surface area contributed by atoms with E-state index in [4.69, 9.17) is 0 Å². The lowest BCUT2D eigenvalue weighted by atomic mass is 10.0. The maximum absolute atomic E-state index is 9.97. The molecule has 102 valence electrons. The minimum absolute atomic E-state index is 0.205. The van der Waals surface area contributed by atoms with Crippen molar-refractivity contribution >= 4 is 0 Å². The van der Waals surface area contributed by atoms with E-state index in [-0.39, 0.29) is 6.10 Å². The number of hydrogen-bond donors (Lipinski definition) is 1. The smallest absolute Gasteiger partial charge is 0.0543 e. The molecule has 0 saturated carbocycles. The second-order valence-electron chi connectivity index (χ2n) is 5.09. The zero-order valence-electron chi connectivity index (χ0n) is 11.5. The summed E-state index contributed by atoms with van der Waals surface area (Å²) in [7, 11) is 1.92. The van der Waals surface area contributed by atoms with Crippen molar-refractivity contribution in [3.63, 3.8) is 0 Å². The Hall–Kier alpha value is -1.61. The first kappa shape index (κ1) is 13.8. The van der Waals surface area contributed by atoms with E-state index in [0.29, 0.717) is 0 Å². The highest BCUT2D eigenvalue weighted by Gasteiger charge is 2.05. The van der Waals surface area contributed by atoms with Gasteiger partial charge in [-0.05, 0) is 43.2 Å². The van der Waals surface area contributed by atoms with Crippen molar-refractivity contribution in [2.75, 3.05) is 0 Å².